The maximum Gasteiger partial charge on any atom is 0.224 e. The Labute approximate surface area is 123 Å². The average Bonchev–Trinajstić information content (AvgIpc) is 2.39. The molecule has 0 fully saturated rings. The molecule has 0 spiro atoms. The summed E-state index contributed by atoms with van der Waals surface area (Å²) in [4.78, 5) is 8.28. The highest BCUT2D eigenvalue weighted by Crippen LogP contribution is 2.15. The summed E-state index contributed by atoms with van der Waals surface area (Å²) in [5, 5.41) is 3.33. The lowest BCUT2D eigenvalue weighted by atomic mass is 10.2. The van der Waals surface area contributed by atoms with Crippen LogP contribution in [0.15, 0.2) is 35.4 Å². The molecule has 1 heterocycles. The first kappa shape index (κ1) is 14.7. The van der Waals surface area contributed by atoms with E-state index < -0.39 is 9.84 Å². The highest BCUT2D eigenvalue weighted by atomic mass is 35.5. The van der Waals surface area contributed by atoms with Gasteiger partial charge in [0, 0.05) is 24.6 Å². The molecule has 0 amide bonds. The van der Waals surface area contributed by atoms with Crippen LogP contribution in [0.4, 0.5) is 5.82 Å². The van der Waals surface area contributed by atoms with Gasteiger partial charge < -0.3 is 5.32 Å². The second kappa shape index (κ2) is 5.76. The molecule has 0 radical (unpaired) electrons. The minimum atomic E-state index is -3.16. The maximum absolute atomic E-state index is 11.4. The molecule has 0 saturated carbocycles. The van der Waals surface area contributed by atoms with E-state index >= 15 is 0 Å². The molecule has 0 aliphatic heterocycles. The second-order valence-electron chi connectivity index (χ2n) is 4.44. The zero-order valence-electron chi connectivity index (χ0n) is 11.1. The molecule has 2 aromatic rings. The lowest BCUT2D eigenvalue weighted by molar-refractivity contribution is 0.602. The summed E-state index contributed by atoms with van der Waals surface area (Å²) in [5.74, 6) is 0.664. The highest BCUT2D eigenvalue weighted by molar-refractivity contribution is 7.90. The molecule has 1 N–H and O–H groups in total. The largest absolute Gasteiger partial charge is 0.366 e. The molecule has 5 nitrogen and oxygen atoms in total. The minimum absolute atomic E-state index is 0.186. The first-order valence-corrected chi connectivity index (χ1v) is 8.15. The van der Waals surface area contributed by atoms with Crippen LogP contribution >= 0.6 is 11.6 Å². The number of aromatic nitrogens is 2. The Bertz CT molecular complexity index is 715. The van der Waals surface area contributed by atoms with Crippen LogP contribution in [-0.4, -0.2) is 24.6 Å². The number of nitrogens with one attached hydrogen (secondary N) is 1. The fourth-order valence-electron chi connectivity index (χ4n) is 1.64. The van der Waals surface area contributed by atoms with Crippen LogP contribution in [0.25, 0.3) is 0 Å². The van der Waals surface area contributed by atoms with Crippen LogP contribution in [0.1, 0.15) is 11.1 Å². The van der Waals surface area contributed by atoms with E-state index in [1.54, 1.807) is 30.5 Å². The lowest BCUT2D eigenvalue weighted by Crippen LogP contribution is -2.04. The molecule has 0 saturated heterocycles. The van der Waals surface area contributed by atoms with E-state index in [0.717, 1.165) is 11.1 Å². The summed E-state index contributed by atoms with van der Waals surface area (Å²) in [6, 6.07) is 6.71. The van der Waals surface area contributed by atoms with Crippen LogP contribution in [0, 0.1) is 6.92 Å². The molecule has 1 aromatic carbocycles. The van der Waals surface area contributed by atoms with Gasteiger partial charge in [0.1, 0.15) is 5.82 Å². The van der Waals surface area contributed by atoms with Gasteiger partial charge in [-0.25, -0.2) is 18.4 Å². The summed E-state index contributed by atoms with van der Waals surface area (Å²) in [6.45, 7) is 2.41. The molecule has 0 bridgehead atoms. The number of halogens is 1. The van der Waals surface area contributed by atoms with Crippen molar-refractivity contribution in [3.63, 3.8) is 0 Å². The van der Waals surface area contributed by atoms with Crippen LogP contribution in [-0.2, 0) is 16.4 Å². The van der Waals surface area contributed by atoms with Gasteiger partial charge in [-0.2, -0.15) is 0 Å². The van der Waals surface area contributed by atoms with E-state index in [2.05, 4.69) is 15.3 Å². The van der Waals surface area contributed by atoms with Gasteiger partial charge in [0.2, 0.25) is 5.28 Å². The van der Waals surface area contributed by atoms with Crippen LogP contribution in [0.5, 0.6) is 0 Å². The van der Waals surface area contributed by atoms with Crippen LogP contribution in [0.2, 0.25) is 5.28 Å². The Balaban J connectivity index is 2.10. The van der Waals surface area contributed by atoms with Crippen molar-refractivity contribution in [3.05, 3.63) is 46.9 Å². The Morgan fingerprint density at radius 1 is 1.25 bits per heavy atom. The third kappa shape index (κ3) is 3.68. The van der Waals surface area contributed by atoms with Gasteiger partial charge in [0.05, 0.1) is 4.90 Å². The number of sulfone groups is 1. The molecular weight excluding hydrogens is 298 g/mol. The molecule has 0 aliphatic carbocycles. The number of rotatable bonds is 4. The summed E-state index contributed by atoms with van der Waals surface area (Å²) in [5.41, 5.74) is 1.84. The number of hydrogen-bond donors (Lipinski definition) is 1. The number of nitrogens with zero attached hydrogens (tertiary/aromatic N) is 2. The summed E-state index contributed by atoms with van der Waals surface area (Å²) in [6.07, 6.45) is 2.83. The molecule has 0 atom stereocenters. The standard InChI is InChI=1S/C13H14ClN3O2S/c1-9-7-16-13(14)17-12(9)15-8-10-3-5-11(6-4-10)20(2,18)19/h3-7H,8H2,1-2H3,(H,15,16,17). The zero-order chi connectivity index (χ0) is 14.8. The van der Waals surface area contributed by atoms with Crippen molar-refractivity contribution in [3.8, 4) is 0 Å². The van der Waals surface area contributed by atoms with Gasteiger partial charge in [-0.3, -0.25) is 0 Å². The SMILES string of the molecule is Cc1cnc(Cl)nc1NCc1ccc(S(C)(=O)=O)cc1. The third-order valence-corrected chi connectivity index (χ3v) is 4.06. The van der Waals surface area contributed by atoms with Crippen LogP contribution in [0.3, 0.4) is 0 Å². The predicted molar refractivity (Wildman–Crippen MR) is 78.7 cm³/mol. The second-order valence-corrected chi connectivity index (χ2v) is 6.79. The van der Waals surface area contributed by atoms with Crippen molar-refractivity contribution in [2.45, 2.75) is 18.4 Å². The number of benzene rings is 1. The van der Waals surface area contributed by atoms with E-state index in [4.69, 9.17) is 11.6 Å². The average molecular weight is 312 g/mol. The van der Waals surface area contributed by atoms with E-state index in [1.165, 1.54) is 6.26 Å². The summed E-state index contributed by atoms with van der Waals surface area (Å²) < 4.78 is 22.7. The molecule has 0 unspecified atom stereocenters. The molecule has 7 heteroatoms. The van der Waals surface area contributed by atoms with Gasteiger partial charge in [0.25, 0.3) is 0 Å². The van der Waals surface area contributed by atoms with Gasteiger partial charge in [0.15, 0.2) is 9.84 Å². The van der Waals surface area contributed by atoms with Crippen molar-refractivity contribution in [2.75, 3.05) is 11.6 Å². The van der Waals surface area contributed by atoms with Crippen molar-refractivity contribution in [1.82, 2.24) is 9.97 Å². The van der Waals surface area contributed by atoms with Gasteiger partial charge >= 0.3 is 0 Å². The quantitative estimate of drug-likeness (QED) is 0.878. The molecular formula is C13H14ClN3O2S. The first-order chi connectivity index (χ1) is 9.36. The number of aryl methyl sites for hydroxylation is 1. The van der Waals surface area contributed by atoms with Crippen molar-refractivity contribution in [2.24, 2.45) is 0 Å². The summed E-state index contributed by atoms with van der Waals surface area (Å²) >= 11 is 5.74. The Hall–Kier alpha value is -1.66. The Kier molecular flexibility index (Phi) is 4.25. The Morgan fingerprint density at radius 2 is 1.90 bits per heavy atom. The fraction of sp³-hybridized carbons (Fsp3) is 0.231. The molecule has 20 heavy (non-hydrogen) atoms. The topological polar surface area (TPSA) is 72.0 Å². The predicted octanol–water partition coefficient (Wildman–Crippen LogP) is 2.45. The lowest BCUT2D eigenvalue weighted by Gasteiger charge is -2.08. The molecule has 2 rings (SSSR count). The first-order valence-electron chi connectivity index (χ1n) is 5.88. The van der Waals surface area contributed by atoms with E-state index in [1.807, 2.05) is 6.92 Å². The minimum Gasteiger partial charge on any atom is -0.366 e. The fourth-order valence-corrected chi connectivity index (χ4v) is 2.40. The number of anilines is 1. The zero-order valence-corrected chi connectivity index (χ0v) is 12.7. The molecule has 0 aliphatic rings. The van der Waals surface area contributed by atoms with Gasteiger partial charge in [-0.05, 0) is 36.2 Å². The monoisotopic (exact) mass is 311 g/mol. The summed E-state index contributed by atoms with van der Waals surface area (Å²) in [7, 11) is -3.16. The van der Waals surface area contributed by atoms with E-state index in [9.17, 15) is 8.42 Å². The van der Waals surface area contributed by atoms with Crippen molar-refractivity contribution >= 4 is 27.3 Å². The van der Waals surface area contributed by atoms with Gasteiger partial charge in [-0.1, -0.05) is 12.1 Å². The maximum atomic E-state index is 11.4. The third-order valence-electron chi connectivity index (χ3n) is 2.75. The number of hydrogen-bond acceptors (Lipinski definition) is 5. The van der Waals surface area contributed by atoms with Crippen molar-refractivity contribution < 1.29 is 8.42 Å². The molecule has 106 valence electrons. The smallest absolute Gasteiger partial charge is 0.224 e. The normalized spacial score (nSPS) is 11.3. The Morgan fingerprint density at radius 3 is 2.50 bits per heavy atom. The van der Waals surface area contributed by atoms with Gasteiger partial charge in [-0.15, -0.1) is 0 Å². The van der Waals surface area contributed by atoms with E-state index in [-0.39, 0.29) is 5.28 Å². The molecule has 1 aromatic heterocycles. The van der Waals surface area contributed by atoms with Crippen LogP contribution < -0.4 is 5.32 Å². The van der Waals surface area contributed by atoms with E-state index in [0.29, 0.717) is 17.3 Å². The highest BCUT2D eigenvalue weighted by Gasteiger charge is 2.06. The van der Waals surface area contributed by atoms with Crippen molar-refractivity contribution in [1.29, 1.82) is 0 Å².